The Bertz CT molecular complexity index is 483. The van der Waals surface area contributed by atoms with E-state index in [0.717, 1.165) is 17.5 Å². The molecular weight excluding hydrogens is 214 g/mol. The lowest BCUT2D eigenvalue weighted by Crippen LogP contribution is -2.26. The van der Waals surface area contributed by atoms with Crippen molar-refractivity contribution in [3.63, 3.8) is 0 Å². The van der Waals surface area contributed by atoms with Crippen molar-refractivity contribution >= 4 is 16.8 Å². The Balaban J connectivity index is 2.18. The van der Waals surface area contributed by atoms with Gasteiger partial charge in [0.15, 0.2) is 5.76 Å². The first kappa shape index (κ1) is 11.9. The molecule has 1 aromatic carbocycles. The van der Waals surface area contributed by atoms with E-state index in [4.69, 9.17) is 4.42 Å². The van der Waals surface area contributed by atoms with Crippen LogP contribution in [0.1, 0.15) is 24.4 Å². The summed E-state index contributed by atoms with van der Waals surface area (Å²) >= 11 is 0. The number of nitrogens with one attached hydrogen (secondary N) is 1. The van der Waals surface area contributed by atoms with Gasteiger partial charge in [-0.1, -0.05) is 32.0 Å². The average Bonchev–Trinajstić information content (AvgIpc) is 2.78. The monoisotopic (exact) mass is 231 g/mol. The van der Waals surface area contributed by atoms with E-state index in [0.29, 0.717) is 12.3 Å². The highest BCUT2D eigenvalue weighted by Crippen LogP contribution is 2.20. The maximum Gasteiger partial charge on any atom is 0.202 e. The van der Waals surface area contributed by atoms with Gasteiger partial charge in [-0.2, -0.15) is 0 Å². The van der Waals surface area contributed by atoms with Gasteiger partial charge >= 0.3 is 0 Å². The molecule has 3 nitrogen and oxygen atoms in total. The Hall–Kier alpha value is -1.61. The summed E-state index contributed by atoms with van der Waals surface area (Å²) in [4.78, 5) is 12.1. The molecule has 0 fully saturated rings. The SMILES string of the molecule is CCNCC(C)C(=O)c1cc2ccccc2o1. The van der Waals surface area contributed by atoms with Crippen molar-refractivity contribution in [1.82, 2.24) is 5.32 Å². The van der Waals surface area contributed by atoms with Crippen LogP contribution in [0, 0.1) is 5.92 Å². The zero-order valence-electron chi connectivity index (χ0n) is 10.2. The second-order valence-corrected chi connectivity index (χ2v) is 4.22. The van der Waals surface area contributed by atoms with Crippen molar-refractivity contribution in [2.45, 2.75) is 13.8 Å². The molecule has 0 spiro atoms. The molecule has 0 amide bonds. The molecule has 1 aromatic heterocycles. The lowest BCUT2D eigenvalue weighted by atomic mass is 10.0. The highest BCUT2D eigenvalue weighted by molar-refractivity contribution is 5.98. The first-order valence-electron chi connectivity index (χ1n) is 5.96. The van der Waals surface area contributed by atoms with E-state index in [-0.39, 0.29) is 11.7 Å². The number of carbonyl (C=O) groups excluding carboxylic acids is 1. The van der Waals surface area contributed by atoms with Crippen LogP contribution in [0.15, 0.2) is 34.7 Å². The van der Waals surface area contributed by atoms with E-state index in [1.165, 1.54) is 0 Å². The largest absolute Gasteiger partial charge is 0.453 e. The highest BCUT2D eigenvalue weighted by Gasteiger charge is 2.18. The number of rotatable bonds is 5. The Kier molecular flexibility index (Phi) is 3.59. The van der Waals surface area contributed by atoms with Crippen molar-refractivity contribution in [3.05, 3.63) is 36.1 Å². The van der Waals surface area contributed by atoms with E-state index >= 15 is 0 Å². The van der Waals surface area contributed by atoms with E-state index in [1.54, 1.807) is 0 Å². The summed E-state index contributed by atoms with van der Waals surface area (Å²) in [6.07, 6.45) is 0. The third kappa shape index (κ3) is 2.56. The van der Waals surface area contributed by atoms with Crippen LogP contribution in [-0.4, -0.2) is 18.9 Å². The summed E-state index contributed by atoms with van der Waals surface area (Å²) in [6.45, 7) is 5.50. The molecule has 3 heteroatoms. The summed E-state index contributed by atoms with van der Waals surface area (Å²) in [5.74, 6) is 0.453. The Morgan fingerprint density at radius 1 is 1.41 bits per heavy atom. The van der Waals surface area contributed by atoms with Crippen LogP contribution in [0.2, 0.25) is 0 Å². The quantitative estimate of drug-likeness (QED) is 0.804. The topological polar surface area (TPSA) is 42.2 Å². The van der Waals surface area contributed by atoms with Crippen LogP contribution in [-0.2, 0) is 0 Å². The summed E-state index contributed by atoms with van der Waals surface area (Å²) in [6, 6.07) is 9.49. The second kappa shape index (κ2) is 5.15. The fourth-order valence-corrected chi connectivity index (χ4v) is 1.80. The third-order valence-electron chi connectivity index (χ3n) is 2.82. The fraction of sp³-hybridized carbons (Fsp3) is 0.357. The van der Waals surface area contributed by atoms with Crippen LogP contribution < -0.4 is 5.32 Å². The standard InChI is InChI=1S/C14H17NO2/c1-3-15-9-10(2)14(16)13-8-11-6-4-5-7-12(11)17-13/h4-8,10,15H,3,9H2,1-2H3. The van der Waals surface area contributed by atoms with Crippen LogP contribution >= 0.6 is 0 Å². The number of furan rings is 1. The molecule has 17 heavy (non-hydrogen) atoms. The summed E-state index contributed by atoms with van der Waals surface area (Å²) in [7, 11) is 0. The number of Topliss-reactive ketones (excluding diaryl/α,β-unsaturated/α-hetero) is 1. The highest BCUT2D eigenvalue weighted by atomic mass is 16.3. The second-order valence-electron chi connectivity index (χ2n) is 4.22. The molecule has 90 valence electrons. The first-order valence-corrected chi connectivity index (χ1v) is 5.96. The number of benzene rings is 1. The number of carbonyl (C=O) groups is 1. The van der Waals surface area contributed by atoms with Crippen molar-refractivity contribution in [2.75, 3.05) is 13.1 Å². The number of para-hydroxylation sites is 1. The van der Waals surface area contributed by atoms with Crippen molar-refractivity contribution in [2.24, 2.45) is 5.92 Å². The van der Waals surface area contributed by atoms with E-state index in [2.05, 4.69) is 5.32 Å². The van der Waals surface area contributed by atoms with Crippen molar-refractivity contribution in [3.8, 4) is 0 Å². The zero-order chi connectivity index (χ0) is 12.3. The number of fused-ring (bicyclic) bond motifs is 1. The lowest BCUT2D eigenvalue weighted by molar-refractivity contribution is 0.0903. The fourth-order valence-electron chi connectivity index (χ4n) is 1.80. The number of hydrogen-bond acceptors (Lipinski definition) is 3. The average molecular weight is 231 g/mol. The number of ketones is 1. The third-order valence-corrected chi connectivity index (χ3v) is 2.82. The van der Waals surface area contributed by atoms with Gasteiger partial charge in [-0.25, -0.2) is 0 Å². The van der Waals surface area contributed by atoms with Crippen LogP contribution in [0.4, 0.5) is 0 Å². The van der Waals surface area contributed by atoms with Gasteiger partial charge < -0.3 is 9.73 Å². The Morgan fingerprint density at radius 3 is 2.88 bits per heavy atom. The van der Waals surface area contributed by atoms with Gasteiger partial charge in [-0.3, -0.25) is 4.79 Å². The van der Waals surface area contributed by atoms with Crippen molar-refractivity contribution < 1.29 is 9.21 Å². The summed E-state index contributed by atoms with van der Waals surface area (Å²) < 4.78 is 5.55. The molecule has 0 aliphatic rings. The molecule has 0 radical (unpaired) electrons. The predicted molar refractivity (Wildman–Crippen MR) is 68.3 cm³/mol. The molecule has 0 saturated heterocycles. The summed E-state index contributed by atoms with van der Waals surface area (Å²) in [5.41, 5.74) is 0.770. The maximum absolute atomic E-state index is 12.1. The molecule has 0 saturated carbocycles. The minimum atomic E-state index is -0.0597. The molecule has 1 N–H and O–H groups in total. The minimum Gasteiger partial charge on any atom is -0.453 e. The van der Waals surface area contributed by atoms with Crippen LogP contribution in [0.25, 0.3) is 11.0 Å². The van der Waals surface area contributed by atoms with Crippen LogP contribution in [0.3, 0.4) is 0 Å². The molecule has 0 aliphatic carbocycles. The van der Waals surface area contributed by atoms with E-state index in [1.807, 2.05) is 44.2 Å². The smallest absolute Gasteiger partial charge is 0.202 e. The van der Waals surface area contributed by atoms with Gasteiger partial charge in [0.2, 0.25) is 5.78 Å². The molecule has 0 aliphatic heterocycles. The molecule has 1 heterocycles. The molecule has 1 unspecified atom stereocenters. The molecule has 1 atom stereocenters. The normalized spacial score (nSPS) is 12.8. The Morgan fingerprint density at radius 2 is 2.18 bits per heavy atom. The molecule has 0 bridgehead atoms. The first-order chi connectivity index (χ1) is 8.22. The molecule has 2 aromatic rings. The van der Waals surface area contributed by atoms with Gasteiger partial charge in [0.25, 0.3) is 0 Å². The number of hydrogen-bond donors (Lipinski definition) is 1. The van der Waals surface area contributed by atoms with Gasteiger partial charge in [0.05, 0.1) is 0 Å². The van der Waals surface area contributed by atoms with Gasteiger partial charge in [0.1, 0.15) is 5.58 Å². The van der Waals surface area contributed by atoms with Gasteiger partial charge in [0, 0.05) is 17.8 Å². The predicted octanol–water partition coefficient (Wildman–Crippen LogP) is 2.86. The van der Waals surface area contributed by atoms with E-state index < -0.39 is 0 Å². The lowest BCUT2D eigenvalue weighted by Gasteiger charge is -2.08. The minimum absolute atomic E-state index is 0.0575. The molecular formula is C14H17NO2. The maximum atomic E-state index is 12.1. The summed E-state index contributed by atoms with van der Waals surface area (Å²) in [5, 5.41) is 4.15. The molecule has 2 rings (SSSR count). The van der Waals surface area contributed by atoms with Crippen molar-refractivity contribution in [1.29, 1.82) is 0 Å². The van der Waals surface area contributed by atoms with Crippen LogP contribution in [0.5, 0.6) is 0 Å². The zero-order valence-corrected chi connectivity index (χ0v) is 10.2. The van der Waals surface area contributed by atoms with E-state index in [9.17, 15) is 4.79 Å². The van der Waals surface area contributed by atoms with Gasteiger partial charge in [-0.15, -0.1) is 0 Å². The van der Waals surface area contributed by atoms with Gasteiger partial charge in [-0.05, 0) is 18.7 Å². The Labute approximate surface area is 101 Å².